The molecule has 0 bridgehead atoms. The van der Waals surface area contributed by atoms with Crippen molar-refractivity contribution in [2.45, 2.75) is 0 Å². The Morgan fingerprint density at radius 3 is 2.62 bits per heavy atom. The van der Waals surface area contributed by atoms with E-state index in [0.717, 1.165) is 6.07 Å². The summed E-state index contributed by atoms with van der Waals surface area (Å²) < 4.78 is 4.68. The Labute approximate surface area is 117 Å². The minimum absolute atomic E-state index is 0. The molecule has 5 nitrogen and oxygen atoms in total. The molecule has 0 saturated heterocycles. The van der Waals surface area contributed by atoms with Gasteiger partial charge in [-0.25, -0.2) is 0 Å². The van der Waals surface area contributed by atoms with E-state index in [1.165, 1.54) is 19.2 Å². The van der Waals surface area contributed by atoms with Crippen molar-refractivity contribution in [3.05, 3.63) is 28.3 Å². The van der Waals surface area contributed by atoms with E-state index in [1.807, 2.05) is 0 Å². The van der Waals surface area contributed by atoms with Gasteiger partial charge in [-0.3, -0.25) is 10.1 Å². The van der Waals surface area contributed by atoms with Crippen molar-refractivity contribution in [2.24, 2.45) is 0 Å². The zero-order chi connectivity index (χ0) is 9.14. The van der Waals surface area contributed by atoms with Crippen LogP contribution < -0.4 is 56.1 Å². The van der Waals surface area contributed by atoms with Gasteiger partial charge in [0.2, 0.25) is 0 Å². The fourth-order valence-corrected chi connectivity index (χ4v) is 0.780. The van der Waals surface area contributed by atoms with Crippen LogP contribution in [0.5, 0.6) is 11.5 Å². The van der Waals surface area contributed by atoms with Gasteiger partial charge in [0, 0.05) is 6.07 Å². The summed E-state index contributed by atoms with van der Waals surface area (Å²) in [5, 5.41) is 19.3. The van der Waals surface area contributed by atoms with Crippen LogP contribution in [0.1, 0.15) is 0 Å². The van der Waals surface area contributed by atoms with E-state index in [1.54, 1.807) is 0 Å². The first-order chi connectivity index (χ1) is 5.65. The van der Waals surface area contributed by atoms with Crippen LogP contribution in [0.15, 0.2) is 18.2 Å². The number of phenolic OH excluding ortho intramolecular Hbond substituents is 1. The molecule has 0 aliphatic rings. The number of ether oxygens (including phenoxy) is 1. The van der Waals surface area contributed by atoms with Crippen molar-refractivity contribution < 1.29 is 66.2 Å². The largest absolute Gasteiger partial charge is 1.00 e. The molecule has 0 unspecified atom stereocenters. The molecule has 1 rings (SSSR count). The first kappa shape index (κ1) is 12.9. The fraction of sp³-hybridized carbons (Fsp3) is 0.143. The van der Waals surface area contributed by atoms with Crippen molar-refractivity contribution in [3.63, 3.8) is 0 Å². The quantitative estimate of drug-likeness (QED) is 0.358. The number of nitrogens with zero attached hydrogens (tertiary/aromatic N) is 1. The summed E-state index contributed by atoms with van der Waals surface area (Å²) in [6, 6.07) is 3.59. The number of phenols is 1. The summed E-state index contributed by atoms with van der Waals surface area (Å²) in [5.74, 6) is -0.00713. The Kier molecular flexibility index (Phi) is 5.50. The van der Waals surface area contributed by atoms with Gasteiger partial charge in [-0.15, -0.1) is 0 Å². The van der Waals surface area contributed by atoms with Crippen LogP contribution in [0.4, 0.5) is 5.69 Å². The summed E-state index contributed by atoms with van der Waals surface area (Å²) in [6.45, 7) is 0. The maximum absolute atomic E-state index is 10.2. The first-order valence-electron chi connectivity index (χ1n) is 3.16. The minimum Gasteiger partial charge on any atom is -0.504 e. The second-order valence-electron chi connectivity index (χ2n) is 2.11. The molecule has 0 aromatic heterocycles. The van der Waals surface area contributed by atoms with E-state index in [0.29, 0.717) is 0 Å². The zero-order valence-corrected chi connectivity index (χ0v) is 10.5. The molecule has 0 radical (unpaired) electrons. The number of rotatable bonds is 2. The van der Waals surface area contributed by atoms with Crippen molar-refractivity contribution in [1.29, 1.82) is 0 Å². The number of benzene rings is 1. The van der Waals surface area contributed by atoms with E-state index < -0.39 is 4.92 Å². The van der Waals surface area contributed by atoms with E-state index in [2.05, 4.69) is 4.74 Å². The molecule has 64 valence electrons. The molecule has 0 heterocycles. The van der Waals surface area contributed by atoms with Crippen molar-refractivity contribution >= 4 is 5.69 Å². The monoisotopic (exact) mass is 208 g/mol. The van der Waals surface area contributed by atoms with Gasteiger partial charge in [-0.05, 0) is 6.07 Å². The molecule has 13 heavy (non-hydrogen) atoms. The van der Waals surface area contributed by atoms with Gasteiger partial charge in [-0.2, -0.15) is 0 Å². The smallest absolute Gasteiger partial charge is 0.504 e. The molecule has 6 heteroatoms. The Morgan fingerprint density at radius 1 is 1.54 bits per heavy atom. The maximum Gasteiger partial charge on any atom is 1.00 e. The van der Waals surface area contributed by atoms with Crippen molar-refractivity contribution in [3.8, 4) is 11.5 Å². The predicted octanol–water partition coefficient (Wildman–Crippen LogP) is -1.69. The van der Waals surface area contributed by atoms with E-state index >= 15 is 0 Å². The normalized spacial score (nSPS) is 8.69. The number of nitro groups is 1. The Morgan fingerprint density at radius 2 is 2.15 bits per heavy atom. The van der Waals surface area contributed by atoms with Crippen LogP contribution in [0.2, 0.25) is 0 Å². The average Bonchev–Trinajstić information content (AvgIpc) is 2.05. The molecule has 0 saturated carbocycles. The molecule has 0 amide bonds. The van der Waals surface area contributed by atoms with Crippen LogP contribution in [-0.4, -0.2) is 17.1 Å². The van der Waals surface area contributed by atoms with Gasteiger partial charge >= 0.3 is 51.4 Å². The molecule has 0 atom stereocenters. The Hall–Kier alpha value is -0.144. The summed E-state index contributed by atoms with van der Waals surface area (Å²) >= 11 is 0. The SMILES string of the molecule is COc1cc([N+](=O)[O-])ccc1O.[K+]. The van der Waals surface area contributed by atoms with Gasteiger partial charge in [0.15, 0.2) is 11.5 Å². The topological polar surface area (TPSA) is 72.6 Å². The molecular formula is C7H7KNO4+. The molecule has 1 N–H and O–H groups in total. The summed E-state index contributed by atoms with van der Waals surface area (Å²) in [7, 11) is 1.33. The number of methoxy groups -OCH3 is 1. The third-order valence-electron chi connectivity index (χ3n) is 1.37. The fourth-order valence-electron chi connectivity index (χ4n) is 0.780. The number of aromatic hydroxyl groups is 1. The summed E-state index contributed by atoms with van der Waals surface area (Å²) in [6.07, 6.45) is 0. The average molecular weight is 208 g/mol. The van der Waals surface area contributed by atoms with Crippen LogP contribution >= 0.6 is 0 Å². The summed E-state index contributed by atoms with van der Waals surface area (Å²) in [5.41, 5.74) is -0.107. The molecule has 1 aromatic carbocycles. The second-order valence-corrected chi connectivity index (χ2v) is 2.11. The predicted molar refractivity (Wildman–Crippen MR) is 41.3 cm³/mol. The number of hydrogen-bond donors (Lipinski definition) is 1. The standard InChI is InChI=1S/C7H7NO4.K/c1-12-7-4-5(8(10)11)2-3-6(7)9;/h2-4,9H,1H3;/q;+1. The third kappa shape index (κ3) is 3.24. The van der Waals surface area contributed by atoms with Crippen molar-refractivity contribution in [1.82, 2.24) is 0 Å². The van der Waals surface area contributed by atoms with E-state index in [-0.39, 0.29) is 68.6 Å². The van der Waals surface area contributed by atoms with Crippen molar-refractivity contribution in [2.75, 3.05) is 7.11 Å². The van der Waals surface area contributed by atoms with Gasteiger partial charge in [-0.1, -0.05) is 0 Å². The number of nitro benzene ring substituents is 1. The van der Waals surface area contributed by atoms with E-state index in [4.69, 9.17) is 5.11 Å². The number of hydrogen-bond acceptors (Lipinski definition) is 4. The van der Waals surface area contributed by atoms with Crippen LogP contribution in [0.3, 0.4) is 0 Å². The molecule has 0 fully saturated rings. The molecule has 0 aliphatic carbocycles. The Bertz CT molecular complexity index is 315. The Balaban J connectivity index is 0.00000144. The van der Waals surface area contributed by atoms with E-state index in [9.17, 15) is 10.1 Å². The maximum atomic E-state index is 10.2. The number of non-ortho nitro benzene ring substituents is 1. The molecular weight excluding hydrogens is 201 g/mol. The first-order valence-corrected chi connectivity index (χ1v) is 3.16. The van der Waals surface area contributed by atoms with Gasteiger partial charge in [0.25, 0.3) is 5.69 Å². The second kappa shape index (κ2) is 5.56. The van der Waals surface area contributed by atoms with Gasteiger partial charge in [0.1, 0.15) is 0 Å². The molecule has 1 aromatic rings. The van der Waals surface area contributed by atoms with Crippen LogP contribution in [-0.2, 0) is 0 Å². The zero-order valence-electron chi connectivity index (χ0n) is 7.35. The van der Waals surface area contributed by atoms with Gasteiger partial charge < -0.3 is 9.84 Å². The van der Waals surface area contributed by atoms with Gasteiger partial charge in [0.05, 0.1) is 18.1 Å². The molecule has 0 spiro atoms. The minimum atomic E-state index is -0.554. The molecule has 0 aliphatic heterocycles. The summed E-state index contributed by atoms with van der Waals surface area (Å²) in [4.78, 5) is 9.70. The van der Waals surface area contributed by atoms with Crippen LogP contribution in [0, 0.1) is 10.1 Å². The van der Waals surface area contributed by atoms with Crippen LogP contribution in [0.25, 0.3) is 0 Å². The third-order valence-corrected chi connectivity index (χ3v) is 1.37.